The van der Waals surface area contributed by atoms with E-state index in [0.29, 0.717) is 22.5 Å². The molecule has 5 rings (SSSR count). The van der Waals surface area contributed by atoms with E-state index in [4.69, 9.17) is 4.99 Å². The smallest absolute Gasteiger partial charge is 0.272 e. The minimum absolute atomic E-state index is 0.00692. The SMILES string of the molecule is CC(C)CC(NS(=O)(=O)c1sccc1CNC(=O)c1ccccc1)C(=O)NC1N=C(c2ccccc2)c2ccccc2N(C)C1=O. The molecule has 46 heavy (non-hydrogen) atoms. The quantitative estimate of drug-likeness (QED) is 0.221. The Labute approximate surface area is 272 Å². The Morgan fingerprint density at radius 3 is 2.28 bits per heavy atom. The topological polar surface area (TPSA) is 137 Å². The van der Waals surface area contributed by atoms with Crippen LogP contribution in [0.1, 0.15) is 47.3 Å². The number of carbonyl (C=O) groups excluding carboxylic acids is 3. The number of benzodiazepines with no additional fused rings is 1. The van der Waals surface area contributed by atoms with Crippen molar-refractivity contribution >= 4 is 50.5 Å². The van der Waals surface area contributed by atoms with Crippen molar-refractivity contribution < 1.29 is 22.8 Å². The average molecular weight is 658 g/mol. The first kappa shape index (κ1) is 32.7. The highest BCUT2D eigenvalue weighted by molar-refractivity contribution is 7.91. The largest absolute Gasteiger partial charge is 0.348 e. The second kappa shape index (κ2) is 14.2. The Morgan fingerprint density at radius 1 is 0.935 bits per heavy atom. The van der Waals surface area contributed by atoms with E-state index in [9.17, 15) is 22.8 Å². The molecule has 3 N–H and O–H groups in total. The zero-order valence-electron chi connectivity index (χ0n) is 25.6. The zero-order chi connectivity index (χ0) is 32.8. The molecule has 0 saturated carbocycles. The number of para-hydroxylation sites is 1. The highest BCUT2D eigenvalue weighted by Crippen LogP contribution is 2.28. The van der Waals surface area contributed by atoms with Gasteiger partial charge in [0.15, 0.2) is 0 Å². The second-order valence-electron chi connectivity index (χ2n) is 11.3. The van der Waals surface area contributed by atoms with Crippen molar-refractivity contribution in [3.63, 3.8) is 0 Å². The molecule has 0 saturated heterocycles. The summed E-state index contributed by atoms with van der Waals surface area (Å²) in [6, 6.07) is 25.8. The first-order valence-corrected chi connectivity index (χ1v) is 17.1. The fourth-order valence-corrected chi connectivity index (χ4v) is 7.79. The first-order chi connectivity index (χ1) is 22.0. The summed E-state index contributed by atoms with van der Waals surface area (Å²) >= 11 is 0.990. The van der Waals surface area contributed by atoms with E-state index in [1.165, 1.54) is 4.90 Å². The number of anilines is 1. The van der Waals surface area contributed by atoms with Gasteiger partial charge in [-0.2, -0.15) is 4.72 Å². The van der Waals surface area contributed by atoms with Crippen molar-refractivity contribution in [1.29, 1.82) is 0 Å². The summed E-state index contributed by atoms with van der Waals surface area (Å²) in [5.74, 6) is -1.54. The van der Waals surface area contributed by atoms with Gasteiger partial charge in [-0.15, -0.1) is 11.3 Å². The van der Waals surface area contributed by atoms with Gasteiger partial charge < -0.3 is 15.5 Å². The number of fused-ring (bicyclic) bond motifs is 1. The molecule has 10 nitrogen and oxygen atoms in total. The van der Waals surface area contributed by atoms with Gasteiger partial charge >= 0.3 is 0 Å². The van der Waals surface area contributed by atoms with Crippen LogP contribution in [0.4, 0.5) is 5.69 Å². The molecule has 0 aliphatic carbocycles. The lowest BCUT2D eigenvalue weighted by atomic mass is 10.0. The predicted octanol–water partition coefficient (Wildman–Crippen LogP) is 4.33. The van der Waals surface area contributed by atoms with E-state index in [0.717, 1.165) is 22.5 Å². The number of hydrogen-bond donors (Lipinski definition) is 3. The number of sulfonamides is 1. The Kier molecular flexibility index (Phi) is 10.1. The monoisotopic (exact) mass is 657 g/mol. The third-order valence-corrected chi connectivity index (χ3v) is 10.5. The number of thiophene rings is 1. The van der Waals surface area contributed by atoms with Crippen LogP contribution in [0.2, 0.25) is 0 Å². The number of benzene rings is 3. The lowest BCUT2D eigenvalue weighted by Gasteiger charge is -2.24. The molecule has 1 aliphatic heterocycles. The van der Waals surface area contributed by atoms with Gasteiger partial charge in [0, 0.05) is 35.8 Å². The molecular weight excluding hydrogens is 623 g/mol. The summed E-state index contributed by atoms with van der Waals surface area (Å²) in [5.41, 5.74) is 3.50. The maximum Gasteiger partial charge on any atom is 0.272 e. The summed E-state index contributed by atoms with van der Waals surface area (Å²) in [6.07, 6.45) is -1.13. The van der Waals surface area contributed by atoms with E-state index in [-0.39, 0.29) is 29.0 Å². The number of aliphatic imine (C=N–C) groups is 1. The molecule has 0 bridgehead atoms. The molecule has 12 heteroatoms. The molecule has 238 valence electrons. The summed E-state index contributed by atoms with van der Waals surface area (Å²) < 4.78 is 29.9. The van der Waals surface area contributed by atoms with Crippen molar-refractivity contribution in [3.8, 4) is 0 Å². The van der Waals surface area contributed by atoms with E-state index >= 15 is 0 Å². The van der Waals surface area contributed by atoms with Crippen molar-refractivity contribution in [2.45, 2.75) is 43.2 Å². The van der Waals surface area contributed by atoms with Crippen LogP contribution in [0.25, 0.3) is 0 Å². The van der Waals surface area contributed by atoms with Crippen LogP contribution in [0.5, 0.6) is 0 Å². The van der Waals surface area contributed by atoms with Crippen molar-refractivity contribution in [3.05, 3.63) is 119 Å². The van der Waals surface area contributed by atoms with Gasteiger partial charge in [0.05, 0.1) is 11.4 Å². The standard InChI is InChI=1S/C34H35N5O5S2/c1-22(2)20-27(38-46(43,44)34-25(18-19-45-34)21-35-31(40)24-14-8-5-9-15-24)32(41)37-30-33(42)39(3)28-17-11-10-16-26(28)29(36-30)23-12-6-4-7-13-23/h4-19,22,27,30,38H,20-21H2,1-3H3,(H,35,40)(H,37,41). The number of likely N-dealkylation sites (N-methyl/N-ethyl adjacent to an activating group) is 1. The van der Waals surface area contributed by atoms with Gasteiger partial charge in [-0.05, 0) is 42.0 Å². The van der Waals surface area contributed by atoms with Crippen LogP contribution in [-0.4, -0.2) is 51.1 Å². The molecule has 2 atom stereocenters. The highest BCUT2D eigenvalue weighted by Gasteiger charge is 2.35. The highest BCUT2D eigenvalue weighted by atomic mass is 32.2. The van der Waals surface area contributed by atoms with Crippen LogP contribution in [0.15, 0.2) is 106 Å². The van der Waals surface area contributed by atoms with E-state index in [1.54, 1.807) is 48.8 Å². The number of carbonyl (C=O) groups is 3. The molecule has 3 amide bonds. The number of rotatable bonds is 11. The van der Waals surface area contributed by atoms with Gasteiger partial charge in [0.25, 0.3) is 21.8 Å². The third-order valence-electron chi connectivity index (χ3n) is 7.42. The normalized spacial score (nSPS) is 15.5. The molecule has 4 aromatic rings. The van der Waals surface area contributed by atoms with Crippen LogP contribution < -0.4 is 20.3 Å². The van der Waals surface area contributed by atoms with Crippen LogP contribution >= 0.6 is 11.3 Å². The minimum atomic E-state index is -4.19. The fourth-order valence-electron chi connectivity index (χ4n) is 5.15. The zero-order valence-corrected chi connectivity index (χ0v) is 27.3. The van der Waals surface area contributed by atoms with Crippen molar-refractivity contribution in [2.75, 3.05) is 11.9 Å². The lowest BCUT2D eigenvalue weighted by molar-refractivity contribution is -0.128. The summed E-state index contributed by atoms with van der Waals surface area (Å²) in [6.45, 7) is 3.73. The Bertz CT molecular complexity index is 1860. The molecule has 0 spiro atoms. The Morgan fingerprint density at radius 2 is 1.59 bits per heavy atom. The molecule has 3 aromatic carbocycles. The van der Waals surface area contributed by atoms with Gasteiger partial charge in [0.2, 0.25) is 12.1 Å². The summed E-state index contributed by atoms with van der Waals surface area (Å²) in [5, 5.41) is 7.10. The maximum atomic E-state index is 13.8. The Hall–Kier alpha value is -4.65. The number of nitrogens with zero attached hydrogens (tertiary/aromatic N) is 2. The van der Waals surface area contributed by atoms with Crippen molar-refractivity contribution in [2.24, 2.45) is 10.9 Å². The summed E-state index contributed by atoms with van der Waals surface area (Å²) in [4.78, 5) is 46.2. The second-order valence-corrected chi connectivity index (χ2v) is 14.1. The van der Waals surface area contributed by atoms with Gasteiger partial charge in [-0.3, -0.25) is 14.4 Å². The summed E-state index contributed by atoms with van der Waals surface area (Å²) in [7, 11) is -2.58. The molecule has 2 unspecified atom stereocenters. The van der Waals surface area contributed by atoms with Crippen LogP contribution in [0.3, 0.4) is 0 Å². The van der Waals surface area contributed by atoms with Crippen LogP contribution in [0, 0.1) is 5.92 Å². The number of hydrogen-bond acceptors (Lipinski definition) is 7. The molecule has 0 fully saturated rings. The fraction of sp³-hybridized carbons (Fsp3) is 0.235. The molecule has 2 heterocycles. The molecular formula is C34H35N5O5S2. The molecule has 1 aliphatic rings. The van der Waals surface area contributed by atoms with Crippen LogP contribution in [-0.2, 0) is 26.2 Å². The number of nitrogens with one attached hydrogen (secondary N) is 3. The minimum Gasteiger partial charge on any atom is -0.348 e. The molecule has 0 radical (unpaired) electrons. The first-order valence-electron chi connectivity index (χ1n) is 14.8. The maximum absolute atomic E-state index is 13.8. The number of amides is 3. The Balaban J connectivity index is 1.38. The van der Waals surface area contributed by atoms with E-state index < -0.39 is 34.0 Å². The molecule has 1 aromatic heterocycles. The van der Waals surface area contributed by atoms with E-state index in [2.05, 4.69) is 15.4 Å². The average Bonchev–Trinajstić information content (AvgIpc) is 3.51. The van der Waals surface area contributed by atoms with E-state index in [1.807, 2.05) is 68.4 Å². The van der Waals surface area contributed by atoms with Gasteiger partial charge in [-0.25, -0.2) is 13.4 Å². The lowest BCUT2D eigenvalue weighted by Crippen LogP contribution is -2.53. The van der Waals surface area contributed by atoms with Crippen molar-refractivity contribution in [1.82, 2.24) is 15.4 Å². The third kappa shape index (κ3) is 7.41. The van der Waals surface area contributed by atoms with Gasteiger partial charge in [-0.1, -0.05) is 80.6 Å². The predicted molar refractivity (Wildman–Crippen MR) is 179 cm³/mol. The van der Waals surface area contributed by atoms with Gasteiger partial charge in [0.1, 0.15) is 10.3 Å².